The molecular formula is C10H8BrN3O2. The molecule has 0 spiro atoms. The van der Waals surface area contributed by atoms with Crippen LogP contribution in [0.3, 0.4) is 0 Å². The molecule has 0 fully saturated rings. The van der Waals surface area contributed by atoms with E-state index < -0.39 is 17.7 Å². The molecule has 0 aliphatic carbocycles. The van der Waals surface area contributed by atoms with Crippen LogP contribution >= 0.6 is 15.9 Å². The molecule has 0 bridgehead atoms. The lowest BCUT2D eigenvalue weighted by molar-refractivity contribution is -0.129. The van der Waals surface area contributed by atoms with Crippen molar-refractivity contribution in [1.29, 1.82) is 0 Å². The third-order valence-electron chi connectivity index (χ3n) is 2.19. The van der Waals surface area contributed by atoms with Crippen LogP contribution in [0, 0.1) is 0 Å². The number of nitrogens with zero attached hydrogens (tertiary/aromatic N) is 1. The average molecular weight is 282 g/mol. The van der Waals surface area contributed by atoms with Gasteiger partial charge in [-0.15, -0.1) is 0 Å². The van der Waals surface area contributed by atoms with E-state index in [1.807, 2.05) is 0 Å². The first-order chi connectivity index (χ1) is 7.58. The van der Waals surface area contributed by atoms with E-state index in [0.29, 0.717) is 5.56 Å². The summed E-state index contributed by atoms with van der Waals surface area (Å²) in [7, 11) is 0. The van der Waals surface area contributed by atoms with Crippen molar-refractivity contribution >= 4 is 33.7 Å². The molecule has 2 amide bonds. The maximum Gasteiger partial charge on any atom is 0.265 e. The van der Waals surface area contributed by atoms with Gasteiger partial charge in [-0.1, -0.05) is 28.1 Å². The zero-order valence-corrected chi connectivity index (χ0v) is 9.69. The second-order valence-electron chi connectivity index (χ2n) is 3.31. The van der Waals surface area contributed by atoms with E-state index in [1.165, 1.54) is 0 Å². The highest BCUT2D eigenvalue weighted by atomic mass is 79.9. The molecule has 1 unspecified atom stereocenters. The fraction of sp³-hybridized carbons (Fsp3) is 0.100. The Bertz CT molecular complexity index is 481. The number of carbonyl (C=O) groups is 2. The van der Waals surface area contributed by atoms with E-state index in [-0.39, 0.29) is 5.96 Å². The molecule has 5 nitrogen and oxygen atoms in total. The highest BCUT2D eigenvalue weighted by Crippen LogP contribution is 2.21. The fourth-order valence-corrected chi connectivity index (χ4v) is 1.74. The first-order valence-electron chi connectivity index (χ1n) is 4.52. The number of rotatable bonds is 1. The number of benzene rings is 1. The Kier molecular flexibility index (Phi) is 2.74. The lowest BCUT2D eigenvalue weighted by Gasteiger charge is -2.18. The Morgan fingerprint density at radius 1 is 1.25 bits per heavy atom. The lowest BCUT2D eigenvalue weighted by atomic mass is 9.97. The van der Waals surface area contributed by atoms with E-state index in [1.54, 1.807) is 24.3 Å². The van der Waals surface area contributed by atoms with Gasteiger partial charge in [0.05, 0.1) is 0 Å². The Morgan fingerprint density at radius 2 is 1.88 bits per heavy atom. The lowest BCUT2D eigenvalue weighted by Crippen LogP contribution is -2.46. The van der Waals surface area contributed by atoms with Crippen molar-refractivity contribution in [3.63, 3.8) is 0 Å². The van der Waals surface area contributed by atoms with Crippen molar-refractivity contribution in [2.24, 2.45) is 10.7 Å². The van der Waals surface area contributed by atoms with Crippen LogP contribution in [0.5, 0.6) is 0 Å². The van der Waals surface area contributed by atoms with Crippen molar-refractivity contribution in [3.8, 4) is 0 Å². The van der Waals surface area contributed by atoms with Gasteiger partial charge >= 0.3 is 0 Å². The minimum absolute atomic E-state index is 0.150. The predicted octanol–water partition coefficient (Wildman–Crippen LogP) is 0.504. The Hall–Kier alpha value is -1.69. The molecule has 0 radical (unpaired) electrons. The monoisotopic (exact) mass is 281 g/mol. The van der Waals surface area contributed by atoms with Crippen LogP contribution in [0.15, 0.2) is 33.7 Å². The number of aliphatic imine (C=N–C) groups is 1. The van der Waals surface area contributed by atoms with Crippen LogP contribution in [0.25, 0.3) is 0 Å². The van der Waals surface area contributed by atoms with Crippen LogP contribution in [-0.2, 0) is 9.59 Å². The van der Waals surface area contributed by atoms with Crippen molar-refractivity contribution < 1.29 is 9.59 Å². The summed E-state index contributed by atoms with van der Waals surface area (Å²) in [5, 5.41) is 2.33. The molecule has 0 saturated heterocycles. The quantitative estimate of drug-likeness (QED) is 0.736. The van der Waals surface area contributed by atoms with Gasteiger partial charge in [-0.25, -0.2) is 0 Å². The zero-order valence-electron chi connectivity index (χ0n) is 8.11. The molecule has 1 aliphatic rings. The predicted molar refractivity (Wildman–Crippen MR) is 61.7 cm³/mol. The molecule has 1 aromatic rings. The maximum absolute atomic E-state index is 11.6. The first-order valence-corrected chi connectivity index (χ1v) is 5.31. The zero-order chi connectivity index (χ0) is 11.7. The van der Waals surface area contributed by atoms with Gasteiger partial charge in [0.2, 0.25) is 11.9 Å². The third-order valence-corrected chi connectivity index (χ3v) is 2.72. The fourth-order valence-electron chi connectivity index (χ4n) is 1.47. The van der Waals surface area contributed by atoms with Crippen LogP contribution in [0.1, 0.15) is 11.5 Å². The Labute approximate surface area is 99.9 Å². The molecule has 82 valence electrons. The van der Waals surface area contributed by atoms with Crippen molar-refractivity contribution in [2.45, 2.75) is 5.92 Å². The summed E-state index contributed by atoms with van der Waals surface area (Å²) < 4.78 is 0.878. The second kappa shape index (κ2) is 4.05. The number of amides is 2. The molecule has 1 aromatic carbocycles. The van der Waals surface area contributed by atoms with Gasteiger partial charge in [0.1, 0.15) is 5.92 Å². The smallest absolute Gasteiger partial charge is 0.265 e. The third kappa shape index (κ3) is 1.96. The van der Waals surface area contributed by atoms with Crippen molar-refractivity contribution in [3.05, 3.63) is 34.3 Å². The highest BCUT2D eigenvalue weighted by molar-refractivity contribution is 9.10. The Balaban J connectivity index is 2.37. The van der Waals surface area contributed by atoms with Crippen LogP contribution in [-0.4, -0.2) is 17.8 Å². The molecule has 0 saturated carbocycles. The van der Waals surface area contributed by atoms with Gasteiger partial charge in [0, 0.05) is 4.47 Å². The van der Waals surface area contributed by atoms with Crippen molar-refractivity contribution in [1.82, 2.24) is 5.32 Å². The molecule has 1 atom stereocenters. The van der Waals surface area contributed by atoms with E-state index in [9.17, 15) is 9.59 Å². The summed E-state index contributed by atoms with van der Waals surface area (Å²) in [4.78, 5) is 26.7. The second-order valence-corrected chi connectivity index (χ2v) is 4.22. The van der Waals surface area contributed by atoms with Crippen LogP contribution in [0.2, 0.25) is 0 Å². The number of guanidine groups is 1. The summed E-state index contributed by atoms with van der Waals surface area (Å²) in [6.07, 6.45) is 0. The van der Waals surface area contributed by atoms with Crippen LogP contribution in [0.4, 0.5) is 0 Å². The molecule has 16 heavy (non-hydrogen) atoms. The van der Waals surface area contributed by atoms with Gasteiger partial charge in [-0.3, -0.25) is 14.9 Å². The molecule has 1 heterocycles. The minimum atomic E-state index is -0.902. The average Bonchev–Trinajstić information content (AvgIpc) is 2.19. The summed E-state index contributed by atoms with van der Waals surface area (Å²) in [5.41, 5.74) is 5.87. The number of hydrogen-bond acceptors (Lipinski definition) is 3. The SMILES string of the molecule is NC1=NC(=O)C(c2ccc(Br)cc2)C(=O)N1. The standard InChI is InChI=1S/C10H8BrN3O2/c11-6-3-1-5(2-4-6)7-8(15)13-10(12)14-9(7)16/h1-4,7H,(H3,12,13,14,15,16). The topological polar surface area (TPSA) is 84.5 Å². The van der Waals surface area contributed by atoms with Gasteiger partial charge < -0.3 is 5.73 Å². The molecule has 3 N–H and O–H groups in total. The largest absolute Gasteiger partial charge is 0.369 e. The molecule has 2 rings (SSSR count). The maximum atomic E-state index is 11.6. The molecular weight excluding hydrogens is 274 g/mol. The van der Waals surface area contributed by atoms with E-state index in [4.69, 9.17) is 5.73 Å². The first kappa shape index (κ1) is 10.8. The van der Waals surface area contributed by atoms with Gasteiger partial charge in [-0.2, -0.15) is 4.99 Å². The number of halogens is 1. The minimum Gasteiger partial charge on any atom is -0.369 e. The van der Waals surface area contributed by atoms with E-state index in [0.717, 1.165) is 4.47 Å². The van der Waals surface area contributed by atoms with Gasteiger partial charge in [0.15, 0.2) is 0 Å². The highest BCUT2D eigenvalue weighted by Gasteiger charge is 2.32. The number of carbonyl (C=O) groups excluding carboxylic acids is 2. The van der Waals surface area contributed by atoms with E-state index >= 15 is 0 Å². The number of nitrogens with two attached hydrogens (primary N) is 1. The van der Waals surface area contributed by atoms with Crippen molar-refractivity contribution in [2.75, 3.05) is 0 Å². The van der Waals surface area contributed by atoms with Gasteiger partial charge in [-0.05, 0) is 17.7 Å². The molecule has 6 heteroatoms. The van der Waals surface area contributed by atoms with Crippen LogP contribution < -0.4 is 11.1 Å². The summed E-state index contributed by atoms with van der Waals surface area (Å²) >= 11 is 3.28. The normalized spacial score (nSPS) is 20.3. The summed E-state index contributed by atoms with van der Waals surface area (Å²) in [5.74, 6) is -2.04. The summed E-state index contributed by atoms with van der Waals surface area (Å²) in [6.45, 7) is 0. The van der Waals surface area contributed by atoms with E-state index in [2.05, 4.69) is 26.2 Å². The van der Waals surface area contributed by atoms with Gasteiger partial charge in [0.25, 0.3) is 5.91 Å². The number of nitrogens with one attached hydrogen (secondary N) is 1. The summed E-state index contributed by atoms with van der Waals surface area (Å²) in [6, 6.07) is 6.92. The molecule has 1 aliphatic heterocycles. The number of hydrogen-bond donors (Lipinski definition) is 2. The Morgan fingerprint density at radius 3 is 2.44 bits per heavy atom. The molecule has 0 aromatic heterocycles.